The van der Waals surface area contributed by atoms with E-state index in [4.69, 9.17) is 11.0 Å². The van der Waals surface area contributed by atoms with E-state index in [0.717, 1.165) is 17.5 Å². The first-order valence-electron chi connectivity index (χ1n) is 6.33. The number of para-hydroxylation sites is 1. The van der Waals surface area contributed by atoms with Gasteiger partial charge in [0.25, 0.3) is 0 Å². The van der Waals surface area contributed by atoms with Crippen molar-refractivity contribution in [3.8, 4) is 6.07 Å². The summed E-state index contributed by atoms with van der Waals surface area (Å²) in [5, 5.41) is 12.5. The summed E-state index contributed by atoms with van der Waals surface area (Å²) in [5.41, 5.74) is 8.08. The van der Waals surface area contributed by atoms with Crippen LogP contribution >= 0.6 is 0 Å². The number of nitrogens with one attached hydrogen (secondary N) is 1. The van der Waals surface area contributed by atoms with Gasteiger partial charge >= 0.3 is 0 Å². The molecular weight excluding hydrogens is 210 g/mol. The molecule has 3 heteroatoms. The summed E-state index contributed by atoms with van der Waals surface area (Å²) < 4.78 is 0. The zero-order chi connectivity index (χ0) is 11.8. The molecule has 1 aromatic rings. The Bertz CT molecular complexity index is 475. The maximum atomic E-state index is 8.95. The maximum Gasteiger partial charge on any atom is 0.101 e. The second-order valence-corrected chi connectivity index (χ2v) is 5.30. The van der Waals surface area contributed by atoms with Crippen molar-refractivity contribution in [1.29, 1.82) is 5.26 Å². The van der Waals surface area contributed by atoms with Crippen molar-refractivity contribution in [2.45, 2.75) is 31.7 Å². The molecule has 3 N–H and O–H groups in total. The fourth-order valence-corrected chi connectivity index (χ4v) is 3.41. The molecular formula is C14H17N3. The standard InChI is InChI=1S/C14H17N3/c15-8-11-2-1-3-12(14(11)16)17-13-7-9-4-5-10(13)6-9/h1-3,9-10,13,17H,4-7,16H2. The van der Waals surface area contributed by atoms with Gasteiger partial charge in [-0.3, -0.25) is 0 Å². The van der Waals surface area contributed by atoms with Gasteiger partial charge in [-0.25, -0.2) is 0 Å². The van der Waals surface area contributed by atoms with E-state index < -0.39 is 0 Å². The fraction of sp³-hybridized carbons (Fsp3) is 0.500. The Morgan fingerprint density at radius 1 is 1.29 bits per heavy atom. The van der Waals surface area contributed by atoms with Gasteiger partial charge in [0.1, 0.15) is 6.07 Å². The number of hydrogen-bond acceptors (Lipinski definition) is 3. The number of anilines is 2. The van der Waals surface area contributed by atoms with Gasteiger partial charge in [-0.2, -0.15) is 5.26 Å². The minimum Gasteiger partial charge on any atom is -0.396 e. The first-order valence-corrected chi connectivity index (χ1v) is 6.33. The predicted octanol–water partition coefficient (Wildman–Crippen LogP) is 2.74. The van der Waals surface area contributed by atoms with Gasteiger partial charge in [0.15, 0.2) is 0 Å². The summed E-state index contributed by atoms with van der Waals surface area (Å²) in [6.45, 7) is 0. The van der Waals surface area contributed by atoms with Gasteiger partial charge in [-0.05, 0) is 43.2 Å². The molecule has 0 amide bonds. The Labute approximate surface area is 102 Å². The SMILES string of the molecule is N#Cc1cccc(NC2CC3CCC2C3)c1N. The molecule has 17 heavy (non-hydrogen) atoms. The van der Waals surface area contributed by atoms with Gasteiger partial charge in [-0.1, -0.05) is 12.5 Å². The van der Waals surface area contributed by atoms with E-state index in [1.165, 1.54) is 25.7 Å². The lowest BCUT2D eigenvalue weighted by Crippen LogP contribution is -2.26. The molecule has 1 aromatic carbocycles. The van der Waals surface area contributed by atoms with Crippen LogP contribution in [0.1, 0.15) is 31.2 Å². The summed E-state index contributed by atoms with van der Waals surface area (Å²) in [7, 11) is 0. The van der Waals surface area contributed by atoms with Crippen molar-refractivity contribution in [2.75, 3.05) is 11.1 Å². The van der Waals surface area contributed by atoms with Gasteiger partial charge < -0.3 is 11.1 Å². The van der Waals surface area contributed by atoms with Crippen molar-refractivity contribution in [2.24, 2.45) is 11.8 Å². The van der Waals surface area contributed by atoms with Gasteiger partial charge in [0, 0.05) is 6.04 Å². The summed E-state index contributed by atoms with van der Waals surface area (Å²) >= 11 is 0. The second kappa shape index (κ2) is 3.96. The highest BCUT2D eigenvalue weighted by atomic mass is 15.0. The molecule has 3 nitrogen and oxygen atoms in total. The van der Waals surface area contributed by atoms with Crippen LogP contribution in [0.5, 0.6) is 0 Å². The normalized spacial score (nSPS) is 30.2. The molecule has 2 saturated carbocycles. The highest BCUT2D eigenvalue weighted by molar-refractivity contribution is 5.73. The monoisotopic (exact) mass is 227 g/mol. The van der Waals surface area contributed by atoms with Gasteiger partial charge in [-0.15, -0.1) is 0 Å². The molecule has 2 bridgehead atoms. The Morgan fingerprint density at radius 3 is 2.82 bits per heavy atom. The van der Waals surface area contributed by atoms with E-state index in [0.29, 0.717) is 17.3 Å². The van der Waals surface area contributed by atoms with E-state index in [2.05, 4.69) is 11.4 Å². The average Bonchev–Trinajstić information content (AvgIpc) is 2.94. The lowest BCUT2D eigenvalue weighted by Gasteiger charge is -2.24. The zero-order valence-corrected chi connectivity index (χ0v) is 9.82. The minimum atomic E-state index is 0.560. The van der Waals surface area contributed by atoms with Crippen LogP contribution in [0.15, 0.2) is 18.2 Å². The molecule has 0 aromatic heterocycles. The molecule has 88 valence electrons. The first kappa shape index (κ1) is 10.5. The lowest BCUT2D eigenvalue weighted by atomic mass is 9.95. The quantitative estimate of drug-likeness (QED) is 0.764. The smallest absolute Gasteiger partial charge is 0.101 e. The molecule has 2 aliphatic rings. The van der Waals surface area contributed by atoms with Crippen LogP contribution in [0, 0.1) is 23.2 Å². The van der Waals surface area contributed by atoms with E-state index in [1.807, 2.05) is 12.1 Å². The molecule has 0 spiro atoms. The molecule has 3 unspecified atom stereocenters. The van der Waals surface area contributed by atoms with E-state index in [1.54, 1.807) is 6.07 Å². The topological polar surface area (TPSA) is 61.8 Å². The van der Waals surface area contributed by atoms with Crippen molar-refractivity contribution in [3.63, 3.8) is 0 Å². The number of nitriles is 1. The van der Waals surface area contributed by atoms with E-state index >= 15 is 0 Å². The van der Waals surface area contributed by atoms with Crippen LogP contribution in [0.25, 0.3) is 0 Å². The number of rotatable bonds is 2. The molecule has 3 rings (SSSR count). The van der Waals surface area contributed by atoms with Crippen molar-refractivity contribution >= 4 is 11.4 Å². The van der Waals surface area contributed by atoms with Crippen LogP contribution in [-0.2, 0) is 0 Å². The molecule has 3 atom stereocenters. The van der Waals surface area contributed by atoms with E-state index in [9.17, 15) is 0 Å². The molecule has 0 aliphatic heterocycles. The number of nitrogens with zero attached hydrogens (tertiary/aromatic N) is 1. The second-order valence-electron chi connectivity index (χ2n) is 5.30. The minimum absolute atomic E-state index is 0.560. The maximum absolute atomic E-state index is 8.95. The number of hydrogen-bond donors (Lipinski definition) is 2. The average molecular weight is 227 g/mol. The highest BCUT2D eigenvalue weighted by Crippen LogP contribution is 2.45. The van der Waals surface area contributed by atoms with Crippen LogP contribution in [-0.4, -0.2) is 6.04 Å². The summed E-state index contributed by atoms with van der Waals surface area (Å²) in [4.78, 5) is 0. The number of benzene rings is 1. The Kier molecular flexibility index (Phi) is 2.44. The zero-order valence-electron chi connectivity index (χ0n) is 9.82. The largest absolute Gasteiger partial charge is 0.396 e. The van der Waals surface area contributed by atoms with E-state index in [-0.39, 0.29) is 0 Å². The molecule has 0 heterocycles. The van der Waals surface area contributed by atoms with Gasteiger partial charge in [0.2, 0.25) is 0 Å². The van der Waals surface area contributed by atoms with Crippen LogP contribution in [0.4, 0.5) is 11.4 Å². The first-order chi connectivity index (χ1) is 8.28. The van der Waals surface area contributed by atoms with Crippen LogP contribution in [0.2, 0.25) is 0 Å². The molecule has 2 fully saturated rings. The molecule has 0 saturated heterocycles. The predicted molar refractivity (Wildman–Crippen MR) is 68.4 cm³/mol. The Morgan fingerprint density at radius 2 is 2.18 bits per heavy atom. The van der Waals surface area contributed by atoms with Gasteiger partial charge in [0.05, 0.1) is 16.9 Å². The molecule has 0 radical (unpaired) electrons. The summed E-state index contributed by atoms with van der Waals surface area (Å²) in [5.74, 6) is 1.73. The third kappa shape index (κ3) is 1.74. The summed E-state index contributed by atoms with van der Waals surface area (Å²) in [6, 6.07) is 8.32. The number of nitrogen functional groups attached to an aromatic ring is 1. The van der Waals surface area contributed by atoms with Crippen LogP contribution in [0.3, 0.4) is 0 Å². The van der Waals surface area contributed by atoms with Crippen molar-refractivity contribution in [3.05, 3.63) is 23.8 Å². The third-order valence-corrected chi connectivity index (χ3v) is 4.31. The Balaban J connectivity index is 1.80. The third-order valence-electron chi connectivity index (χ3n) is 4.31. The number of fused-ring (bicyclic) bond motifs is 2. The number of nitrogens with two attached hydrogens (primary N) is 1. The summed E-state index contributed by atoms with van der Waals surface area (Å²) in [6.07, 6.45) is 5.38. The Hall–Kier alpha value is -1.69. The van der Waals surface area contributed by atoms with Crippen LogP contribution < -0.4 is 11.1 Å². The fourth-order valence-electron chi connectivity index (χ4n) is 3.41. The van der Waals surface area contributed by atoms with Crippen molar-refractivity contribution < 1.29 is 0 Å². The highest BCUT2D eigenvalue weighted by Gasteiger charge is 2.39. The lowest BCUT2D eigenvalue weighted by molar-refractivity contribution is 0.440. The van der Waals surface area contributed by atoms with Crippen molar-refractivity contribution in [1.82, 2.24) is 0 Å². The molecule has 2 aliphatic carbocycles.